The number of amides is 5. The van der Waals surface area contributed by atoms with Crippen molar-refractivity contribution >= 4 is 23.8 Å². The number of nitrogens with zero attached hydrogens (tertiary/aromatic N) is 1. The highest BCUT2D eigenvalue weighted by molar-refractivity contribution is 5.98. The normalized spacial score (nSPS) is 18.7. The van der Waals surface area contributed by atoms with Gasteiger partial charge in [0.25, 0.3) is 5.91 Å². The lowest BCUT2D eigenvalue weighted by Gasteiger charge is -2.23. The van der Waals surface area contributed by atoms with E-state index in [1.807, 2.05) is 13.0 Å². The molecule has 5 amide bonds. The minimum atomic E-state index is -0.798. The Bertz CT molecular complexity index is 736. The van der Waals surface area contributed by atoms with Crippen LogP contribution in [0.3, 0.4) is 0 Å². The van der Waals surface area contributed by atoms with Crippen molar-refractivity contribution in [2.45, 2.75) is 32.4 Å². The van der Waals surface area contributed by atoms with Crippen molar-refractivity contribution < 1.29 is 19.2 Å². The Hall–Kier alpha value is -3.10. The molecule has 0 spiro atoms. The molecule has 1 heterocycles. The van der Waals surface area contributed by atoms with E-state index in [9.17, 15) is 19.2 Å². The molecule has 1 fully saturated rings. The number of likely N-dealkylation sites (N-methyl/N-ethyl adjacent to an activating group) is 1. The van der Waals surface area contributed by atoms with E-state index in [0.29, 0.717) is 18.5 Å². The van der Waals surface area contributed by atoms with Crippen LogP contribution in [0.1, 0.15) is 29.3 Å². The third-order valence-corrected chi connectivity index (χ3v) is 4.27. The average molecular weight is 375 g/mol. The molecule has 1 aliphatic rings. The molecule has 0 aromatic heterocycles. The highest BCUT2D eigenvalue weighted by atomic mass is 16.2. The van der Waals surface area contributed by atoms with E-state index in [0.717, 1.165) is 5.56 Å². The van der Waals surface area contributed by atoms with Crippen LogP contribution in [-0.2, 0) is 9.59 Å². The van der Waals surface area contributed by atoms with Gasteiger partial charge in [0.2, 0.25) is 11.8 Å². The Morgan fingerprint density at radius 2 is 1.96 bits per heavy atom. The van der Waals surface area contributed by atoms with Gasteiger partial charge in [0, 0.05) is 24.7 Å². The van der Waals surface area contributed by atoms with E-state index in [1.54, 1.807) is 25.1 Å². The van der Waals surface area contributed by atoms with Crippen molar-refractivity contribution in [3.05, 3.63) is 35.4 Å². The summed E-state index contributed by atoms with van der Waals surface area (Å²) in [6.45, 7) is 4.08. The maximum Gasteiger partial charge on any atom is 0.312 e. The molecular formula is C18H25N5O4. The summed E-state index contributed by atoms with van der Waals surface area (Å²) in [7, 11) is 0. The molecule has 9 nitrogen and oxygen atoms in total. The van der Waals surface area contributed by atoms with Crippen LogP contribution < -0.4 is 21.7 Å². The maximum absolute atomic E-state index is 12.9. The summed E-state index contributed by atoms with van der Waals surface area (Å²) in [5.74, 6) is -0.953. The number of nitrogens with two attached hydrogens (primary N) is 1. The van der Waals surface area contributed by atoms with Crippen LogP contribution in [0.4, 0.5) is 4.79 Å². The first-order chi connectivity index (χ1) is 12.8. The van der Waals surface area contributed by atoms with Gasteiger partial charge in [0.1, 0.15) is 6.04 Å². The molecular weight excluding hydrogens is 350 g/mol. The first-order valence-electron chi connectivity index (χ1n) is 8.79. The minimum Gasteiger partial charge on any atom is -0.355 e. The fraction of sp³-hybridized carbons (Fsp3) is 0.444. The van der Waals surface area contributed by atoms with Gasteiger partial charge in [-0.3, -0.25) is 14.4 Å². The summed E-state index contributed by atoms with van der Waals surface area (Å²) >= 11 is 0. The summed E-state index contributed by atoms with van der Waals surface area (Å²) in [5, 5.41) is 7.66. The Balaban J connectivity index is 2.12. The standard InChI is InChI=1S/C18H25N5O4/c1-3-20-16(25)14-8-13(22-15(24)9-21-18(19)27)10-23(14)17(26)12-6-4-5-11(2)7-12/h4-7,13-14H,3,8-10H2,1-2H3,(H,20,25)(H,22,24)(H3,19,21,27)/t13-,14-/m0/s1. The summed E-state index contributed by atoms with van der Waals surface area (Å²) in [5.41, 5.74) is 6.38. The predicted molar refractivity (Wildman–Crippen MR) is 98.8 cm³/mol. The van der Waals surface area contributed by atoms with E-state index in [1.165, 1.54) is 4.90 Å². The van der Waals surface area contributed by atoms with Crippen LogP contribution >= 0.6 is 0 Å². The van der Waals surface area contributed by atoms with Crippen LogP contribution in [0.5, 0.6) is 0 Å². The smallest absolute Gasteiger partial charge is 0.312 e. The Labute approximate surface area is 157 Å². The molecule has 0 bridgehead atoms. The topological polar surface area (TPSA) is 134 Å². The number of urea groups is 1. The van der Waals surface area contributed by atoms with Gasteiger partial charge in [-0.15, -0.1) is 0 Å². The van der Waals surface area contributed by atoms with E-state index >= 15 is 0 Å². The molecule has 146 valence electrons. The molecule has 5 N–H and O–H groups in total. The summed E-state index contributed by atoms with van der Waals surface area (Å²) in [6.07, 6.45) is 0.297. The minimum absolute atomic E-state index is 0.205. The van der Waals surface area contributed by atoms with E-state index < -0.39 is 24.0 Å². The first-order valence-corrected chi connectivity index (χ1v) is 8.79. The number of carbonyl (C=O) groups excluding carboxylic acids is 4. The number of likely N-dealkylation sites (tertiary alicyclic amines) is 1. The van der Waals surface area contributed by atoms with E-state index in [4.69, 9.17) is 5.73 Å². The zero-order valence-electron chi connectivity index (χ0n) is 15.5. The van der Waals surface area contributed by atoms with E-state index in [-0.39, 0.29) is 24.9 Å². The first kappa shape index (κ1) is 20.2. The number of rotatable bonds is 6. The number of primary amides is 1. The van der Waals surface area contributed by atoms with Crippen molar-refractivity contribution in [3.8, 4) is 0 Å². The summed E-state index contributed by atoms with van der Waals surface area (Å²) in [4.78, 5) is 49.4. The average Bonchev–Trinajstić information content (AvgIpc) is 3.03. The number of benzene rings is 1. The molecule has 1 aliphatic heterocycles. The lowest BCUT2D eigenvalue weighted by atomic mass is 10.1. The van der Waals surface area contributed by atoms with Crippen LogP contribution in [-0.4, -0.2) is 60.4 Å². The molecule has 2 atom stereocenters. The lowest BCUT2D eigenvalue weighted by molar-refractivity contribution is -0.125. The number of aryl methyl sites for hydroxylation is 1. The van der Waals surface area contributed by atoms with Crippen LogP contribution in [0.25, 0.3) is 0 Å². The fourth-order valence-corrected chi connectivity index (χ4v) is 3.10. The zero-order valence-corrected chi connectivity index (χ0v) is 15.5. The molecule has 0 aliphatic carbocycles. The maximum atomic E-state index is 12.9. The van der Waals surface area contributed by atoms with Gasteiger partial charge in [0.15, 0.2) is 0 Å². The largest absolute Gasteiger partial charge is 0.355 e. The van der Waals surface area contributed by atoms with Crippen molar-refractivity contribution in [3.63, 3.8) is 0 Å². The molecule has 27 heavy (non-hydrogen) atoms. The second-order valence-corrected chi connectivity index (χ2v) is 6.46. The van der Waals surface area contributed by atoms with E-state index in [2.05, 4.69) is 16.0 Å². The third kappa shape index (κ3) is 5.44. The highest BCUT2D eigenvalue weighted by Crippen LogP contribution is 2.21. The molecule has 9 heteroatoms. The Kier molecular flexibility index (Phi) is 6.75. The van der Waals surface area contributed by atoms with Gasteiger partial charge in [0.05, 0.1) is 6.54 Å². The number of carbonyl (C=O) groups is 4. The summed E-state index contributed by atoms with van der Waals surface area (Å²) in [6, 6.07) is 5.27. The van der Waals surface area contributed by atoms with Gasteiger partial charge in [-0.1, -0.05) is 17.7 Å². The fourth-order valence-electron chi connectivity index (χ4n) is 3.10. The highest BCUT2D eigenvalue weighted by Gasteiger charge is 2.40. The van der Waals surface area contributed by atoms with Crippen LogP contribution in [0.2, 0.25) is 0 Å². The van der Waals surface area contributed by atoms with Crippen molar-refractivity contribution in [1.82, 2.24) is 20.9 Å². The molecule has 1 aromatic carbocycles. The SMILES string of the molecule is CCNC(=O)[C@@H]1C[C@H](NC(=O)CNC(N)=O)CN1C(=O)c1cccc(C)c1. The number of hydrogen-bond donors (Lipinski definition) is 4. The monoisotopic (exact) mass is 375 g/mol. The predicted octanol–water partition coefficient (Wildman–Crippen LogP) is -0.501. The van der Waals surface area contributed by atoms with Crippen molar-refractivity contribution in [1.29, 1.82) is 0 Å². The van der Waals surface area contributed by atoms with Crippen molar-refractivity contribution in [2.24, 2.45) is 5.73 Å². The Morgan fingerprint density at radius 1 is 1.22 bits per heavy atom. The molecule has 0 saturated carbocycles. The second kappa shape index (κ2) is 9.02. The molecule has 2 rings (SSSR count). The molecule has 0 unspecified atom stereocenters. The summed E-state index contributed by atoms with van der Waals surface area (Å²) < 4.78 is 0. The van der Waals surface area contributed by atoms with Gasteiger partial charge in [-0.2, -0.15) is 0 Å². The van der Waals surface area contributed by atoms with Crippen LogP contribution in [0.15, 0.2) is 24.3 Å². The second-order valence-electron chi connectivity index (χ2n) is 6.46. The van der Waals surface area contributed by atoms with Gasteiger partial charge in [-0.25, -0.2) is 4.79 Å². The quantitative estimate of drug-likeness (QED) is 0.533. The Morgan fingerprint density at radius 3 is 2.59 bits per heavy atom. The van der Waals surface area contributed by atoms with Crippen molar-refractivity contribution in [2.75, 3.05) is 19.6 Å². The third-order valence-electron chi connectivity index (χ3n) is 4.27. The van der Waals surface area contributed by atoms with Gasteiger partial charge >= 0.3 is 6.03 Å². The van der Waals surface area contributed by atoms with Gasteiger partial charge < -0.3 is 26.6 Å². The number of nitrogens with one attached hydrogen (secondary N) is 3. The zero-order chi connectivity index (χ0) is 20.0. The van der Waals surface area contributed by atoms with Crippen LogP contribution in [0, 0.1) is 6.92 Å². The molecule has 0 radical (unpaired) electrons. The lowest BCUT2D eigenvalue weighted by Crippen LogP contribution is -2.46. The molecule has 1 saturated heterocycles. The van der Waals surface area contributed by atoms with Gasteiger partial charge in [-0.05, 0) is 32.4 Å². The molecule has 1 aromatic rings. The number of hydrogen-bond acceptors (Lipinski definition) is 4.